The van der Waals surface area contributed by atoms with Crippen LogP contribution in [0.1, 0.15) is 12.0 Å². The molecule has 2 aliphatic heterocycles. The molecule has 0 spiro atoms. The van der Waals surface area contributed by atoms with Crippen molar-refractivity contribution in [3.05, 3.63) is 54.0 Å². The highest BCUT2D eigenvalue weighted by Crippen LogP contribution is 2.29. The molecule has 33 heavy (non-hydrogen) atoms. The summed E-state index contributed by atoms with van der Waals surface area (Å²) in [6, 6.07) is 8.85. The highest BCUT2D eigenvalue weighted by molar-refractivity contribution is 5.78. The molecule has 0 radical (unpaired) electrons. The van der Waals surface area contributed by atoms with Crippen LogP contribution in [0.15, 0.2) is 42.6 Å². The van der Waals surface area contributed by atoms with E-state index < -0.39 is 11.7 Å². The van der Waals surface area contributed by atoms with Crippen molar-refractivity contribution in [2.75, 3.05) is 68.7 Å². The van der Waals surface area contributed by atoms with E-state index in [0.29, 0.717) is 58.2 Å². The molecule has 10 heteroatoms. The molecule has 1 aromatic carbocycles. The van der Waals surface area contributed by atoms with Crippen LogP contribution in [0.3, 0.4) is 0 Å². The predicted molar refractivity (Wildman–Crippen MR) is 118 cm³/mol. The van der Waals surface area contributed by atoms with E-state index in [4.69, 9.17) is 0 Å². The predicted octanol–water partition coefficient (Wildman–Crippen LogP) is 3.10. The van der Waals surface area contributed by atoms with Gasteiger partial charge in [-0.1, -0.05) is 0 Å². The number of hydrogen-bond acceptors (Lipinski definition) is 5. The molecule has 2 fully saturated rings. The first-order valence-corrected chi connectivity index (χ1v) is 11.1. The Balaban J connectivity index is 1.25. The molecule has 0 N–H and O–H groups in total. The third-order valence-corrected chi connectivity index (χ3v) is 6.17. The van der Waals surface area contributed by atoms with Crippen molar-refractivity contribution in [3.8, 4) is 0 Å². The van der Waals surface area contributed by atoms with E-state index in [1.807, 2.05) is 9.80 Å². The largest absolute Gasteiger partial charge is 0.417 e. The van der Waals surface area contributed by atoms with Crippen LogP contribution < -0.4 is 9.80 Å². The Bertz CT molecular complexity index is 927. The van der Waals surface area contributed by atoms with E-state index in [1.165, 1.54) is 18.2 Å². The number of halogens is 4. The van der Waals surface area contributed by atoms with Crippen LogP contribution in [0.2, 0.25) is 0 Å². The number of alkyl halides is 3. The van der Waals surface area contributed by atoms with Gasteiger partial charge in [0.1, 0.15) is 11.6 Å². The summed E-state index contributed by atoms with van der Waals surface area (Å²) in [5.41, 5.74) is 0.195. The monoisotopic (exact) mass is 465 g/mol. The van der Waals surface area contributed by atoms with Crippen molar-refractivity contribution in [1.82, 2.24) is 14.8 Å². The van der Waals surface area contributed by atoms with Crippen LogP contribution in [0.5, 0.6) is 0 Å². The lowest BCUT2D eigenvalue weighted by atomic mass is 10.2. The summed E-state index contributed by atoms with van der Waals surface area (Å²) in [4.78, 5) is 24.9. The minimum atomic E-state index is -4.40. The molecule has 4 rings (SSSR count). The number of aromatic nitrogens is 1. The number of rotatable bonds is 4. The lowest BCUT2D eigenvalue weighted by Crippen LogP contribution is -2.51. The summed E-state index contributed by atoms with van der Waals surface area (Å²) in [5, 5.41) is 0. The van der Waals surface area contributed by atoms with E-state index in [2.05, 4.69) is 14.8 Å². The maximum Gasteiger partial charge on any atom is 0.417 e. The number of amides is 1. The maximum absolute atomic E-state index is 13.1. The summed E-state index contributed by atoms with van der Waals surface area (Å²) in [6.07, 6.45) is -2.73. The smallest absolute Gasteiger partial charge is 0.368 e. The van der Waals surface area contributed by atoms with E-state index in [1.54, 1.807) is 12.1 Å². The van der Waals surface area contributed by atoms with Gasteiger partial charge in [-0.05, 0) is 42.8 Å². The molecule has 0 aliphatic carbocycles. The molecule has 178 valence electrons. The number of nitrogens with zero attached hydrogens (tertiary/aromatic N) is 5. The van der Waals surface area contributed by atoms with Gasteiger partial charge in [-0.2, -0.15) is 13.2 Å². The molecule has 2 aliphatic rings. The van der Waals surface area contributed by atoms with Gasteiger partial charge < -0.3 is 14.7 Å². The molecule has 0 saturated carbocycles. The maximum atomic E-state index is 13.1. The first-order valence-electron chi connectivity index (χ1n) is 11.1. The standard InChI is InChI=1S/C23H27F4N5O/c24-19-3-5-20(6-4-19)30-12-14-32(15-13-30)22(33)17-29-8-1-9-31(11-10-29)21-7-2-18(16-28-21)23(25,26)27/h2-7,16H,1,8-15,17H2. The van der Waals surface area contributed by atoms with Gasteiger partial charge in [-0.25, -0.2) is 9.37 Å². The zero-order valence-electron chi connectivity index (χ0n) is 18.3. The summed E-state index contributed by atoms with van der Waals surface area (Å²) in [7, 11) is 0. The normalized spacial score (nSPS) is 18.4. The van der Waals surface area contributed by atoms with Crippen molar-refractivity contribution >= 4 is 17.4 Å². The Labute approximate surface area is 190 Å². The zero-order valence-corrected chi connectivity index (χ0v) is 18.3. The molecule has 2 aromatic rings. The Kier molecular flexibility index (Phi) is 7.02. The Morgan fingerprint density at radius 2 is 1.55 bits per heavy atom. The minimum Gasteiger partial charge on any atom is -0.368 e. The van der Waals surface area contributed by atoms with E-state index in [-0.39, 0.29) is 11.7 Å². The Hall–Kier alpha value is -2.88. The second kappa shape index (κ2) is 9.94. The van der Waals surface area contributed by atoms with Gasteiger partial charge in [0.05, 0.1) is 12.1 Å². The van der Waals surface area contributed by atoms with Gasteiger partial charge in [-0.3, -0.25) is 9.69 Å². The summed E-state index contributed by atoms with van der Waals surface area (Å²) in [6.45, 7) is 5.63. The van der Waals surface area contributed by atoms with E-state index >= 15 is 0 Å². The van der Waals surface area contributed by atoms with Crippen molar-refractivity contribution in [2.24, 2.45) is 0 Å². The molecular weight excluding hydrogens is 438 g/mol. The van der Waals surface area contributed by atoms with Crippen LogP contribution >= 0.6 is 0 Å². The lowest BCUT2D eigenvalue weighted by molar-refractivity contribution is -0.137. The number of carbonyl (C=O) groups excluding carboxylic acids is 1. The number of anilines is 2. The highest BCUT2D eigenvalue weighted by Gasteiger charge is 2.31. The van der Waals surface area contributed by atoms with Gasteiger partial charge in [0.15, 0.2) is 0 Å². The topological polar surface area (TPSA) is 42.9 Å². The molecular formula is C23H27F4N5O. The zero-order chi connectivity index (χ0) is 23.4. The average Bonchev–Trinajstić information content (AvgIpc) is 3.05. The summed E-state index contributed by atoms with van der Waals surface area (Å²) in [5.74, 6) is 0.334. The van der Waals surface area contributed by atoms with Crippen molar-refractivity contribution in [1.29, 1.82) is 0 Å². The second-order valence-corrected chi connectivity index (χ2v) is 8.36. The second-order valence-electron chi connectivity index (χ2n) is 8.36. The molecule has 0 atom stereocenters. The molecule has 6 nitrogen and oxygen atoms in total. The fourth-order valence-electron chi connectivity index (χ4n) is 4.26. The number of pyridine rings is 1. The highest BCUT2D eigenvalue weighted by atomic mass is 19.4. The number of piperazine rings is 1. The molecule has 1 aromatic heterocycles. The molecule has 1 amide bonds. The van der Waals surface area contributed by atoms with Gasteiger partial charge in [0.2, 0.25) is 5.91 Å². The molecule has 0 bridgehead atoms. The first kappa shape index (κ1) is 23.3. The van der Waals surface area contributed by atoms with Crippen LogP contribution in [0, 0.1) is 5.82 Å². The lowest BCUT2D eigenvalue weighted by Gasteiger charge is -2.37. The SMILES string of the molecule is O=C(CN1CCCN(c2ccc(C(F)(F)F)cn2)CC1)N1CCN(c2ccc(F)cc2)CC1. The fourth-order valence-corrected chi connectivity index (χ4v) is 4.26. The average molecular weight is 465 g/mol. The van der Waals surface area contributed by atoms with Crippen molar-refractivity contribution < 1.29 is 22.4 Å². The number of hydrogen-bond donors (Lipinski definition) is 0. The van der Waals surface area contributed by atoms with Gasteiger partial charge in [0.25, 0.3) is 0 Å². The molecule has 0 unspecified atom stereocenters. The Morgan fingerprint density at radius 3 is 2.18 bits per heavy atom. The van der Waals surface area contributed by atoms with Gasteiger partial charge in [0, 0.05) is 64.2 Å². The third-order valence-electron chi connectivity index (χ3n) is 6.17. The number of carbonyl (C=O) groups is 1. The first-order chi connectivity index (χ1) is 15.8. The van der Waals surface area contributed by atoms with Crippen LogP contribution in [-0.2, 0) is 11.0 Å². The van der Waals surface area contributed by atoms with Gasteiger partial charge >= 0.3 is 6.18 Å². The quantitative estimate of drug-likeness (QED) is 0.650. The minimum absolute atomic E-state index is 0.0786. The van der Waals surface area contributed by atoms with Crippen molar-refractivity contribution in [3.63, 3.8) is 0 Å². The van der Waals surface area contributed by atoms with Gasteiger partial charge in [-0.15, -0.1) is 0 Å². The van der Waals surface area contributed by atoms with Crippen LogP contribution in [0.25, 0.3) is 0 Å². The van der Waals surface area contributed by atoms with Crippen molar-refractivity contribution in [2.45, 2.75) is 12.6 Å². The van der Waals surface area contributed by atoms with E-state index in [9.17, 15) is 22.4 Å². The Morgan fingerprint density at radius 1 is 0.848 bits per heavy atom. The summed E-state index contributed by atoms with van der Waals surface area (Å²) < 4.78 is 51.4. The number of benzene rings is 1. The fraction of sp³-hybridized carbons (Fsp3) is 0.478. The van der Waals surface area contributed by atoms with Crippen LogP contribution in [-0.4, -0.2) is 79.6 Å². The molecule has 2 saturated heterocycles. The third kappa shape index (κ3) is 5.93. The van der Waals surface area contributed by atoms with E-state index in [0.717, 1.165) is 30.9 Å². The summed E-state index contributed by atoms with van der Waals surface area (Å²) >= 11 is 0. The molecule has 3 heterocycles. The van der Waals surface area contributed by atoms with Crippen LogP contribution in [0.4, 0.5) is 29.1 Å².